The number of fused-ring (bicyclic) bond motifs is 1. The van der Waals surface area contributed by atoms with Gasteiger partial charge in [-0.05, 0) is 29.8 Å². The third-order valence-electron chi connectivity index (χ3n) is 3.98. The van der Waals surface area contributed by atoms with E-state index in [1.54, 1.807) is 24.4 Å². The van der Waals surface area contributed by atoms with Crippen LogP contribution in [0.3, 0.4) is 0 Å². The quantitative estimate of drug-likeness (QED) is 0.502. The van der Waals surface area contributed by atoms with Crippen molar-refractivity contribution >= 4 is 28.7 Å². The summed E-state index contributed by atoms with van der Waals surface area (Å²) < 4.78 is 1.34. The number of benzene rings is 3. The minimum Gasteiger partial charge on any atom is -0.267 e. The first kappa shape index (κ1) is 16.2. The first-order chi connectivity index (χ1) is 12.7. The number of aromatic nitrogens is 2. The zero-order chi connectivity index (χ0) is 17.9. The maximum Gasteiger partial charge on any atom is 0.282 e. The van der Waals surface area contributed by atoms with Crippen LogP contribution >= 0.6 is 11.6 Å². The molecule has 1 heterocycles. The molecule has 0 saturated carbocycles. The second-order valence-corrected chi connectivity index (χ2v) is 6.17. The summed E-state index contributed by atoms with van der Waals surface area (Å²) in [5.74, 6) is 0.500. The van der Waals surface area contributed by atoms with E-state index >= 15 is 0 Å². The Hall–Kier alpha value is -3.24. The van der Waals surface area contributed by atoms with E-state index in [2.05, 4.69) is 10.1 Å². The summed E-state index contributed by atoms with van der Waals surface area (Å²) in [5.41, 5.74) is 2.10. The lowest BCUT2D eigenvalue weighted by molar-refractivity contribution is 0.830. The molecule has 0 unspecified atom stereocenters. The number of halogens is 1. The highest BCUT2D eigenvalue weighted by Crippen LogP contribution is 2.18. The molecule has 4 aromatic rings. The molecule has 126 valence electrons. The van der Waals surface area contributed by atoms with E-state index in [0.29, 0.717) is 21.7 Å². The van der Waals surface area contributed by atoms with E-state index in [0.717, 1.165) is 11.1 Å². The molecule has 1 aromatic heterocycles. The van der Waals surface area contributed by atoms with Crippen LogP contribution in [0.4, 0.5) is 0 Å². The molecule has 3 aromatic carbocycles. The molecule has 4 nitrogen and oxygen atoms in total. The molecule has 5 heteroatoms. The number of rotatable bonds is 3. The molecule has 0 saturated heterocycles. The highest BCUT2D eigenvalue weighted by molar-refractivity contribution is 6.30. The van der Waals surface area contributed by atoms with Gasteiger partial charge < -0.3 is 0 Å². The van der Waals surface area contributed by atoms with Crippen LogP contribution < -0.4 is 5.56 Å². The molecule has 0 fully saturated rings. The van der Waals surface area contributed by atoms with Gasteiger partial charge in [0.1, 0.15) is 0 Å². The van der Waals surface area contributed by atoms with Crippen LogP contribution in [0.5, 0.6) is 0 Å². The zero-order valence-corrected chi connectivity index (χ0v) is 14.5. The minimum absolute atomic E-state index is 0.209. The second kappa shape index (κ2) is 6.94. The number of hydrogen-bond donors (Lipinski definition) is 0. The van der Waals surface area contributed by atoms with Crippen LogP contribution in [0, 0.1) is 0 Å². The lowest BCUT2D eigenvalue weighted by atomic mass is 10.2. The topological polar surface area (TPSA) is 47.2 Å². The predicted molar refractivity (Wildman–Crippen MR) is 106 cm³/mol. The highest BCUT2D eigenvalue weighted by atomic mass is 35.5. The molecular formula is C21H14ClN3O. The SMILES string of the molecule is O=c1c2ccccc2nc(-c2ccccc2)n1/N=C/c1ccc(Cl)cc1. The van der Waals surface area contributed by atoms with Crippen LogP contribution in [-0.4, -0.2) is 15.9 Å². The van der Waals surface area contributed by atoms with Crippen LogP contribution in [0.25, 0.3) is 22.3 Å². The van der Waals surface area contributed by atoms with E-state index < -0.39 is 0 Å². The van der Waals surface area contributed by atoms with Crippen molar-refractivity contribution in [2.75, 3.05) is 0 Å². The summed E-state index contributed by atoms with van der Waals surface area (Å²) in [4.78, 5) is 17.6. The van der Waals surface area contributed by atoms with Crippen molar-refractivity contribution in [2.24, 2.45) is 5.10 Å². The van der Waals surface area contributed by atoms with Gasteiger partial charge in [-0.25, -0.2) is 4.98 Å². The van der Waals surface area contributed by atoms with Crippen molar-refractivity contribution < 1.29 is 0 Å². The van der Waals surface area contributed by atoms with Gasteiger partial charge in [0.25, 0.3) is 5.56 Å². The van der Waals surface area contributed by atoms with E-state index in [1.165, 1.54) is 4.68 Å². The lowest BCUT2D eigenvalue weighted by Gasteiger charge is -2.09. The van der Waals surface area contributed by atoms with Gasteiger partial charge in [0.15, 0.2) is 5.82 Å². The number of para-hydroxylation sites is 1. The third-order valence-corrected chi connectivity index (χ3v) is 4.23. The van der Waals surface area contributed by atoms with Crippen molar-refractivity contribution in [1.29, 1.82) is 0 Å². The molecule has 0 radical (unpaired) electrons. The monoisotopic (exact) mass is 359 g/mol. The zero-order valence-electron chi connectivity index (χ0n) is 13.7. The molecular weight excluding hydrogens is 346 g/mol. The summed E-state index contributed by atoms with van der Waals surface area (Å²) in [6, 6.07) is 24.1. The Kier molecular flexibility index (Phi) is 4.33. The van der Waals surface area contributed by atoms with E-state index in [4.69, 9.17) is 11.6 Å². The van der Waals surface area contributed by atoms with Crippen LogP contribution in [-0.2, 0) is 0 Å². The Morgan fingerprint density at radius 3 is 2.35 bits per heavy atom. The first-order valence-corrected chi connectivity index (χ1v) is 8.47. The summed E-state index contributed by atoms with van der Waals surface area (Å²) >= 11 is 5.91. The van der Waals surface area contributed by atoms with Crippen molar-refractivity contribution in [3.63, 3.8) is 0 Å². The smallest absolute Gasteiger partial charge is 0.267 e. The Bertz CT molecular complexity index is 1150. The summed E-state index contributed by atoms with van der Waals surface area (Å²) in [5, 5.41) is 5.58. The van der Waals surface area contributed by atoms with Crippen LogP contribution in [0.1, 0.15) is 5.56 Å². The Labute approximate surface area is 155 Å². The van der Waals surface area contributed by atoms with E-state index in [9.17, 15) is 4.79 Å². The molecule has 4 rings (SSSR count). The third kappa shape index (κ3) is 3.15. The molecule has 0 aliphatic heterocycles. The average molecular weight is 360 g/mol. The molecule has 0 spiro atoms. The molecule has 0 atom stereocenters. The Morgan fingerprint density at radius 1 is 0.885 bits per heavy atom. The average Bonchev–Trinajstić information content (AvgIpc) is 2.69. The summed E-state index contributed by atoms with van der Waals surface area (Å²) in [6.45, 7) is 0. The molecule has 26 heavy (non-hydrogen) atoms. The van der Waals surface area contributed by atoms with Crippen molar-refractivity contribution in [2.45, 2.75) is 0 Å². The van der Waals surface area contributed by atoms with Gasteiger partial charge in [0, 0.05) is 10.6 Å². The maximum atomic E-state index is 13.0. The number of hydrogen-bond acceptors (Lipinski definition) is 3. The molecule has 0 aliphatic rings. The van der Waals surface area contributed by atoms with Crippen LogP contribution in [0.2, 0.25) is 5.02 Å². The Balaban J connectivity index is 1.92. The van der Waals surface area contributed by atoms with Crippen molar-refractivity contribution in [3.8, 4) is 11.4 Å². The van der Waals surface area contributed by atoms with Gasteiger partial charge >= 0.3 is 0 Å². The fourth-order valence-electron chi connectivity index (χ4n) is 2.68. The lowest BCUT2D eigenvalue weighted by Crippen LogP contribution is -2.20. The van der Waals surface area contributed by atoms with Gasteiger partial charge in [-0.15, -0.1) is 0 Å². The minimum atomic E-state index is -0.209. The van der Waals surface area contributed by atoms with Crippen molar-refractivity contribution in [1.82, 2.24) is 9.66 Å². The van der Waals surface area contributed by atoms with Gasteiger partial charge in [0.2, 0.25) is 0 Å². The second-order valence-electron chi connectivity index (χ2n) is 5.73. The Morgan fingerprint density at radius 2 is 1.58 bits per heavy atom. The summed E-state index contributed by atoms with van der Waals surface area (Å²) in [6.07, 6.45) is 1.63. The largest absolute Gasteiger partial charge is 0.282 e. The van der Waals surface area contributed by atoms with Gasteiger partial charge in [-0.3, -0.25) is 4.79 Å². The highest BCUT2D eigenvalue weighted by Gasteiger charge is 2.11. The van der Waals surface area contributed by atoms with Crippen molar-refractivity contribution in [3.05, 3.63) is 99.8 Å². The predicted octanol–water partition coefficient (Wildman–Crippen LogP) is 4.60. The standard InChI is InChI=1S/C21H14ClN3O/c22-17-12-10-15(11-13-17)14-23-25-20(16-6-2-1-3-7-16)24-19-9-5-4-8-18(19)21(25)26/h1-14H/b23-14+. The van der Waals surface area contributed by atoms with Gasteiger partial charge in [-0.1, -0.05) is 66.2 Å². The summed E-state index contributed by atoms with van der Waals surface area (Å²) in [7, 11) is 0. The normalized spacial score (nSPS) is 11.3. The molecule has 0 bridgehead atoms. The fraction of sp³-hybridized carbons (Fsp3) is 0. The van der Waals surface area contributed by atoms with Gasteiger partial charge in [-0.2, -0.15) is 9.78 Å². The molecule has 0 aliphatic carbocycles. The van der Waals surface area contributed by atoms with E-state index in [1.807, 2.05) is 60.7 Å². The maximum absolute atomic E-state index is 13.0. The molecule has 0 N–H and O–H groups in total. The van der Waals surface area contributed by atoms with E-state index in [-0.39, 0.29) is 5.56 Å². The molecule has 0 amide bonds. The number of nitrogens with zero attached hydrogens (tertiary/aromatic N) is 3. The van der Waals surface area contributed by atoms with Crippen LogP contribution in [0.15, 0.2) is 88.8 Å². The fourth-order valence-corrected chi connectivity index (χ4v) is 2.80. The van der Waals surface area contributed by atoms with Gasteiger partial charge in [0.05, 0.1) is 17.1 Å². The first-order valence-electron chi connectivity index (χ1n) is 8.09.